The smallest absolute Gasteiger partial charge is 0.224 e. The summed E-state index contributed by atoms with van der Waals surface area (Å²) in [5.41, 5.74) is 1.25. The molecular formula is C15H24N2O. The van der Waals surface area contributed by atoms with Gasteiger partial charge >= 0.3 is 0 Å². The maximum Gasteiger partial charge on any atom is 0.224 e. The molecule has 100 valence electrons. The highest BCUT2D eigenvalue weighted by atomic mass is 16.1. The van der Waals surface area contributed by atoms with Crippen LogP contribution in [0, 0.1) is 5.92 Å². The molecule has 3 nitrogen and oxygen atoms in total. The summed E-state index contributed by atoms with van der Waals surface area (Å²) in [5.74, 6) is 0.141. The van der Waals surface area contributed by atoms with Crippen molar-refractivity contribution in [2.24, 2.45) is 5.92 Å². The molecule has 0 aromatic heterocycles. The molecule has 2 atom stereocenters. The molecular weight excluding hydrogens is 224 g/mol. The fourth-order valence-electron chi connectivity index (χ4n) is 1.86. The Morgan fingerprint density at radius 2 is 1.89 bits per heavy atom. The zero-order chi connectivity index (χ0) is 13.4. The van der Waals surface area contributed by atoms with Gasteiger partial charge < -0.3 is 10.6 Å². The lowest BCUT2D eigenvalue weighted by molar-refractivity contribution is -0.124. The molecule has 0 aliphatic rings. The standard InChI is InChI=1S/C15H24N2O/c1-4-16-11-12(2)15(18)17-13(3)10-14-8-6-5-7-9-14/h5-9,12-13,16H,4,10-11H2,1-3H3,(H,17,18). The van der Waals surface area contributed by atoms with E-state index in [1.807, 2.05) is 39.0 Å². The zero-order valence-corrected chi connectivity index (χ0v) is 11.6. The highest BCUT2D eigenvalue weighted by molar-refractivity contribution is 5.78. The molecule has 0 heterocycles. The van der Waals surface area contributed by atoms with Gasteiger partial charge in [-0.25, -0.2) is 0 Å². The largest absolute Gasteiger partial charge is 0.353 e. The first-order valence-electron chi connectivity index (χ1n) is 6.68. The molecule has 1 amide bonds. The minimum atomic E-state index is 0.0168. The van der Waals surface area contributed by atoms with Crippen LogP contribution in [0.1, 0.15) is 26.3 Å². The summed E-state index contributed by atoms with van der Waals surface area (Å²) in [4.78, 5) is 11.9. The van der Waals surface area contributed by atoms with E-state index in [-0.39, 0.29) is 17.9 Å². The third kappa shape index (κ3) is 5.32. The molecule has 0 spiro atoms. The van der Waals surface area contributed by atoms with Crippen molar-refractivity contribution < 1.29 is 4.79 Å². The van der Waals surface area contributed by atoms with Crippen LogP contribution >= 0.6 is 0 Å². The number of carbonyl (C=O) groups is 1. The molecule has 2 N–H and O–H groups in total. The minimum absolute atomic E-state index is 0.0168. The van der Waals surface area contributed by atoms with Gasteiger partial charge in [0.15, 0.2) is 0 Å². The average Bonchev–Trinajstić information content (AvgIpc) is 2.36. The number of hydrogen-bond acceptors (Lipinski definition) is 2. The summed E-state index contributed by atoms with van der Waals surface area (Å²) in [6, 6.07) is 10.4. The van der Waals surface area contributed by atoms with Gasteiger partial charge in [0.25, 0.3) is 0 Å². The lowest BCUT2D eigenvalue weighted by atomic mass is 10.1. The Hall–Kier alpha value is -1.35. The Morgan fingerprint density at radius 3 is 2.50 bits per heavy atom. The quantitative estimate of drug-likeness (QED) is 0.774. The van der Waals surface area contributed by atoms with E-state index in [1.54, 1.807) is 0 Å². The van der Waals surface area contributed by atoms with E-state index in [9.17, 15) is 4.79 Å². The SMILES string of the molecule is CCNCC(C)C(=O)NC(C)Cc1ccccc1. The number of nitrogens with one attached hydrogen (secondary N) is 2. The van der Waals surface area contributed by atoms with Crippen molar-refractivity contribution in [1.29, 1.82) is 0 Å². The van der Waals surface area contributed by atoms with E-state index < -0.39 is 0 Å². The van der Waals surface area contributed by atoms with Crippen LogP contribution < -0.4 is 10.6 Å². The van der Waals surface area contributed by atoms with E-state index in [2.05, 4.69) is 22.8 Å². The van der Waals surface area contributed by atoms with Gasteiger partial charge in [0.2, 0.25) is 5.91 Å². The normalized spacial score (nSPS) is 13.9. The van der Waals surface area contributed by atoms with Crippen molar-refractivity contribution in [2.75, 3.05) is 13.1 Å². The third-order valence-electron chi connectivity index (χ3n) is 2.92. The Kier molecular flexibility index (Phi) is 6.44. The molecule has 0 bridgehead atoms. The van der Waals surface area contributed by atoms with Gasteiger partial charge in [0.05, 0.1) is 0 Å². The molecule has 1 aromatic rings. The van der Waals surface area contributed by atoms with Crippen molar-refractivity contribution in [3.05, 3.63) is 35.9 Å². The maximum absolute atomic E-state index is 11.9. The summed E-state index contributed by atoms with van der Waals surface area (Å²) in [6.07, 6.45) is 0.876. The summed E-state index contributed by atoms with van der Waals surface area (Å²) in [5, 5.41) is 6.25. The highest BCUT2D eigenvalue weighted by Crippen LogP contribution is 2.03. The first-order chi connectivity index (χ1) is 8.63. The molecule has 0 fully saturated rings. The average molecular weight is 248 g/mol. The number of rotatable bonds is 7. The van der Waals surface area contributed by atoms with E-state index in [4.69, 9.17) is 0 Å². The topological polar surface area (TPSA) is 41.1 Å². The summed E-state index contributed by atoms with van der Waals surface area (Å²) >= 11 is 0. The molecule has 0 radical (unpaired) electrons. The fourth-order valence-corrected chi connectivity index (χ4v) is 1.86. The molecule has 1 rings (SSSR count). The van der Waals surface area contributed by atoms with Crippen LogP contribution in [0.25, 0.3) is 0 Å². The lowest BCUT2D eigenvalue weighted by Gasteiger charge is -2.17. The van der Waals surface area contributed by atoms with E-state index >= 15 is 0 Å². The van der Waals surface area contributed by atoms with Gasteiger partial charge in [-0.05, 0) is 25.5 Å². The molecule has 3 heteroatoms. The van der Waals surface area contributed by atoms with Crippen molar-refractivity contribution in [2.45, 2.75) is 33.2 Å². The summed E-state index contributed by atoms with van der Waals surface area (Å²) in [6.45, 7) is 7.68. The van der Waals surface area contributed by atoms with E-state index in [1.165, 1.54) is 5.56 Å². The Balaban J connectivity index is 2.35. The van der Waals surface area contributed by atoms with Crippen LogP contribution in [0.5, 0.6) is 0 Å². The third-order valence-corrected chi connectivity index (χ3v) is 2.92. The molecule has 0 aliphatic heterocycles. The predicted molar refractivity (Wildman–Crippen MR) is 75.5 cm³/mol. The number of amides is 1. The molecule has 18 heavy (non-hydrogen) atoms. The zero-order valence-electron chi connectivity index (χ0n) is 11.6. The highest BCUT2D eigenvalue weighted by Gasteiger charge is 2.14. The monoisotopic (exact) mass is 248 g/mol. The second kappa shape index (κ2) is 7.88. The Bertz CT molecular complexity index is 351. The van der Waals surface area contributed by atoms with Gasteiger partial charge in [-0.1, -0.05) is 44.2 Å². The Labute approximate surface area is 110 Å². The molecule has 0 saturated carbocycles. The van der Waals surface area contributed by atoms with Crippen LogP contribution in [0.4, 0.5) is 0 Å². The first-order valence-corrected chi connectivity index (χ1v) is 6.68. The summed E-state index contributed by atoms with van der Waals surface area (Å²) in [7, 11) is 0. The second-order valence-corrected chi connectivity index (χ2v) is 4.81. The van der Waals surface area contributed by atoms with Crippen molar-refractivity contribution in [3.63, 3.8) is 0 Å². The van der Waals surface area contributed by atoms with Crippen molar-refractivity contribution in [3.8, 4) is 0 Å². The number of carbonyl (C=O) groups excluding carboxylic acids is 1. The molecule has 0 saturated heterocycles. The molecule has 2 unspecified atom stereocenters. The van der Waals surface area contributed by atoms with Gasteiger partial charge in [-0.2, -0.15) is 0 Å². The molecule has 1 aromatic carbocycles. The van der Waals surface area contributed by atoms with Gasteiger partial charge in [-0.15, -0.1) is 0 Å². The fraction of sp³-hybridized carbons (Fsp3) is 0.533. The van der Waals surface area contributed by atoms with Crippen LogP contribution in [-0.4, -0.2) is 25.0 Å². The van der Waals surface area contributed by atoms with E-state index in [0.29, 0.717) is 0 Å². The summed E-state index contributed by atoms with van der Waals surface area (Å²) < 4.78 is 0. The van der Waals surface area contributed by atoms with Gasteiger partial charge in [0, 0.05) is 18.5 Å². The lowest BCUT2D eigenvalue weighted by Crippen LogP contribution is -2.40. The number of benzene rings is 1. The minimum Gasteiger partial charge on any atom is -0.353 e. The van der Waals surface area contributed by atoms with Crippen LogP contribution in [-0.2, 0) is 11.2 Å². The van der Waals surface area contributed by atoms with Crippen molar-refractivity contribution >= 4 is 5.91 Å². The number of hydrogen-bond donors (Lipinski definition) is 2. The van der Waals surface area contributed by atoms with Crippen LogP contribution in [0.15, 0.2) is 30.3 Å². The molecule has 0 aliphatic carbocycles. The maximum atomic E-state index is 11.9. The van der Waals surface area contributed by atoms with Crippen molar-refractivity contribution in [1.82, 2.24) is 10.6 Å². The first kappa shape index (κ1) is 14.7. The van der Waals surface area contributed by atoms with Crippen LogP contribution in [0.3, 0.4) is 0 Å². The second-order valence-electron chi connectivity index (χ2n) is 4.81. The Morgan fingerprint density at radius 1 is 1.22 bits per heavy atom. The van der Waals surface area contributed by atoms with Gasteiger partial charge in [-0.3, -0.25) is 4.79 Å². The predicted octanol–water partition coefficient (Wildman–Crippen LogP) is 1.98. The van der Waals surface area contributed by atoms with Crippen LogP contribution in [0.2, 0.25) is 0 Å². The van der Waals surface area contributed by atoms with E-state index in [0.717, 1.165) is 19.5 Å². The van der Waals surface area contributed by atoms with Gasteiger partial charge in [0.1, 0.15) is 0 Å².